The van der Waals surface area contributed by atoms with Gasteiger partial charge in [-0.1, -0.05) is 19.8 Å². The van der Waals surface area contributed by atoms with Crippen LogP contribution in [0.4, 0.5) is 19.1 Å². The number of ether oxygens (including phenoxy) is 1. The Labute approximate surface area is 218 Å². The van der Waals surface area contributed by atoms with Crippen LogP contribution in [-0.4, -0.2) is 81.6 Å². The third kappa shape index (κ3) is 5.12. The highest BCUT2D eigenvalue weighted by Crippen LogP contribution is 2.51. The maximum atomic E-state index is 13.4. The number of carbonyl (C=O) groups excluding carboxylic acids is 1. The zero-order valence-corrected chi connectivity index (χ0v) is 21.5. The van der Waals surface area contributed by atoms with Gasteiger partial charge in [-0.25, -0.2) is 9.97 Å². The SMILES string of the molecule is CC(CC(F)(F)F)C(=O)N1CCC(O)(Cn2ccc3nc(N4CCOCC4)ncc3c2=O)C2(CCCC2)C1. The molecule has 2 aromatic rings. The van der Waals surface area contributed by atoms with Crippen molar-refractivity contribution in [3.63, 3.8) is 0 Å². The minimum atomic E-state index is -4.42. The number of rotatable bonds is 5. The van der Waals surface area contributed by atoms with Gasteiger partial charge in [0.05, 0.1) is 42.7 Å². The van der Waals surface area contributed by atoms with Crippen LogP contribution in [0.25, 0.3) is 10.9 Å². The number of carbonyl (C=O) groups is 1. The van der Waals surface area contributed by atoms with E-state index in [1.807, 2.05) is 4.90 Å². The van der Waals surface area contributed by atoms with Gasteiger partial charge >= 0.3 is 6.18 Å². The van der Waals surface area contributed by atoms with Gasteiger partial charge in [0.25, 0.3) is 5.56 Å². The molecule has 2 saturated heterocycles. The highest BCUT2D eigenvalue weighted by Gasteiger charge is 2.56. The number of nitrogens with zero attached hydrogens (tertiary/aromatic N) is 5. The summed E-state index contributed by atoms with van der Waals surface area (Å²) in [5.41, 5.74) is -1.75. The summed E-state index contributed by atoms with van der Waals surface area (Å²) in [5.74, 6) is -1.17. The number of halogens is 3. The molecule has 38 heavy (non-hydrogen) atoms. The van der Waals surface area contributed by atoms with E-state index in [1.54, 1.807) is 12.3 Å². The Morgan fingerprint density at radius 1 is 1.18 bits per heavy atom. The molecule has 1 saturated carbocycles. The van der Waals surface area contributed by atoms with Gasteiger partial charge < -0.3 is 24.2 Å². The van der Waals surface area contributed by atoms with Crippen LogP contribution in [0.2, 0.25) is 0 Å². The molecule has 5 rings (SSSR count). The summed E-state index contributed by atoms with van der Waals surface area (Å²) >= 11 is 0. The Hall–Kier alpha value is -2.73. The van der Waals surface area contributed by atoms with Gasteiger partial charge in [0, 0.05) is 49.9 Å². The summed E-state index contributed by atoms with van der Waals surface area (Å²) < 4.78 is 45.5. The molecule has 1 N–H and O–H groups in total. The zero-order valence-electron chi connectivity index (χ0n) is 21.5. The number of piperidine rings is 1. The lowest BCUT2D eigenvalue weighted by molar-refractivity contribution is -0.172. The summed E-state index contributed by atoms with van der Waals surface area (Å²) in [5, 5.41) is 12.3. The van der Waals surface area contributed by atoms with E-state index in [4.69, 9.17) is 4.74 Å². The Balaban J connectivity index is 1.37. The normalized spacial score (nSPS) is 24.8. The van der Waals surface area contributed by atoms with E-state index >= 15 is 0 Å². The Kier molecular flexibility index (Phi) is 7.14. The lowest BCUT2D eigenvalue weighted by Gasteiger charge is -2.52. The molecule has 2 aromatic heterocycles. The van der Waals surface area contributed by atoms with Crippen molar-refractivity contribution in [2.75, 3.05) is 44.3 Å². The fourth-order valence-corrected chi connectivity index (χ4v) is 6.42. The molecule has 4 heterocycles. The Morgan fingerprint density at radius 2 is 1.89 bits per heavy atom. The van der Waals surface area contributed by atoms with Crippen LogP contribution in [0, 0.1) is 11.3 Å². The summed E-state index contributed by atoms with van der Waals surface area (Å²) in [6.07, 6.45) is 0.760. The van der Waals surface area contributed by atoms with Crippen LogP contribution in [0.1, 0.15) is 45.4 Å². The van der Waals surface area contributed by atoms with Crippen molar-refractivity contribution in [3.8, 4) is 0 Å². The van der Waals surface area contributed by atoms with Crippen LogP contribution < -0.4 is 10.5 Å². The average Bonchev–Trinajstić information content (AvgIpc) is 3.36. The van der Waals surface area contributed by atoms with E-state index in [2.05, 4.69) is 9.97 Å². The number of hydrogen-bond donors (Lipinski definition) is 1. The van der Waals surface area contributed by atoms with Gasteiger partial charge in [-0.2, -0.15) is 13.2 Å². The number of hydrogen-bond acceptors (Lipinski definition) is 7. The average molecular weight is 538 g/mol. The van der Waals surface area contributed by atoms with Crippen molar-refractivity contribution < 1.29 is 27.8 Å². The van der Waals surface area contributed by atoms with E-state index in [0.29, 0.717) is 56.0 Å². The summed E-state index contributed by atoms with van der Waals surface area (Å²) in [6.45, 7) is 4.21. The first-order chi connectivity index (χ1) is 18.0. The van der Waals surface area contributed by atoms with E-state index in [1.165, 1.54) is 22.6 Å². The topological polar surface area (TPSA) is 101 Å². The van der Waals surface area contributed by atoms with Gasteiger partial charge in [0.15, 0.2) is 0 Å². The van der Waals surface area contributed by atoms with Gasteiger partial charge in [0.1, 0.15) is 0 Å². The van der Waals surface area contributed by atoms with Gasteiger partial charge in [0.2, 0.25) is 11.9 Å². The first-order valence-corrected chi connectivity index (χ1v) is 13.3. The predicted octanol–water partition coefficient (Wildman–Crippen LogP) is 2.74. The first kappa shape index (κ1) is 26.9. The minimum Gasteiger partial charge on any atom is -0.387 e. The van der Waals surface area contributed by atoms with E-state index in [0.717, 1.165) is 12.8 Å². The molecule has 1 spiro atoms. The number of aliphatic hydroxyl groups is 1. The monoisotopic (exact) mass is 537 g/mol. The van der Waals surface area contributed by atoms with Gasteiger partial charge in [-0.05, 0) is 25.3 Å². The summed E-state index contributed by atoms with van der Waals surface area (Å²) in [4.78, 5) is 38.7. The Morgan fingerprint density at radius 3 is 2.58 bits per heavy atom. The standard InChI is InChI=1S/C26H34F3N5O4/c1-18(14-26(27,28)29)21(35)34-9-7-25(37,24(16-34)5-2-3-6-24)17-33-8-4-20-19(22(33)36)15-30-23(31-20)32-10-12-38-13-11-32/h4,8,15,18,37H,2-3,5-7,9-14,16-17H2,1H3. The molecule has 2 atom stereocenters. The second kappa shape index (κ2) is 10.1. The lowest BCUT2D eigenvalue weighted by Crippen LogP contribution is -2.62. The molecule has 9 nitrogen and oxygen atoms in total. The van der Waals surface area contributed by atoms with Crippen LogP contribution in [0.3, 0.4) is 0 Å². The minimum absolute atomic E-state index is 0.0348. The van der Waals surface area contributed by atoms with Crippen molar-refractivity contribution >= 4 is 22.8 Å². The molecule has 208 valence electrons. The van der Waals surface area contributed by atoms with Crippen molar-refractivity contribution in [1.29, 1.82) is 0 Å². The lowest BCUT2D eigenvalue weighted by atomic mass is 9.65. The third-order valence-corrected chi connectivity index (χ3v) is 8.54. The van der Waals surface area contributed by atoms with Crippen molar-refractivity contribution in [3.05, 3.63) is 28.8 Å². The van der Waals surface area contributed by atoms with Crippen molar-refractivity contribution in [1.82, 2.24) is 19.4 Å². The van der Waals surface area contributed by atoms with Crippen LogP contribution in [0.5, 0.6) is 0 Å². The number of amides is 1. The highest BCUT2D eigenvalue weighted by atomic mass is 19.4. The largest absolute Gasteiger partial charge is 0.389 e. The Bertz CT molecular complexity index is 1240. The van der Waals surface area contributed by atoms with Crippen molar-refractivity contribution in [2.45, 2.75) is 63.8 Å². The van der Waals surface area contributed by atoms with Gasteiger partial charge in [-0.3, -0.25) is 9.59 Å². The number of pyridine rings is 1. The highest BCUT2D eigenvalue weighted by molar-refractivity contribution is 5.79. The third-order valence-electron chi connectivity index (χ3n) is 8.54. The molecule has 3 aliphatic rings. The maximum absolute atomic E-state index is 13.4. The van der Waals surface area contributed by atoms with Gasteiger partial charge in [-0.15, -0.1) is 0 Å². The summed E-state index contributed by atoms with van der Waals surface area (Å²) in [6, 6.07) is 1.74. The van der Waals surface area contributed by atoms with Crippen LogP contribution in [-0.2, 0) is 16.1 Å². The van der Waals surface area contributed by atoms with Crippen LogP contribution in [0.15, 0.2) is 23.3 Å². The molecule has 0 aromatic carbocycles. The van der Waals surface area contributed by atoms with E-state index < -0.39 is 35.4 Å². The fourth-order valence-electron chi connectivity index (χ4n) is 6.42. The second-order valence-corrected chi connectivity index (χ2v) is 11.1. The number of morpholine rings is 1. The van der Waals surface area contributed by atoms with E-state index in [9.17, 15) is 27.9 Å². The predicted molar refractivity (Wildman–Crippen MR) is 134 cm³/mol. The number of aromatic nitrogens is 3. The van der Waals surface area contributed by atoms with Crippen LogP contribution >= 0.6 is 0 Å². The number of alkyl halides is 3. The quantitative estimate of drug-likeness (QED) is 0.626. The number of likely N-dealkylation sites (tertiary alicyclic amines) is 1. The molecule has 12 heteroatoms. The zero-order chi connectivity index (χ0) is 27.1. The number of fused-ring (bicyclic) bond motifs is 1. The molecular weight excluding hydrogens is 503 g/mol. The molecule has 0 radical (unpaired) electrons. The molecule has 1 aliphatic carbocycles. The summed E-state index contributed by atoms with van der Waals surface area (Å²) in [7, 11) is 0. The van der Waals surface area contributed by atoms with Crippen molar-refractivity contribution in [2.24, 2.45) is 11.3 Å². The molecule has 1 amide bonds. The number of anilines is 1. The molecule has 2 aliphatic heterocycles. The van der Waals surface area contributed by atoms with E-state index in [-0.39, 0.29) is 31.6 Å². The second-order valence-electron chi connectivity index (χ2n) is 11.1. The first-order valence-electron chi connectivity index (χ1n) is 13.3. The fraction of sp³-hybridized carbons (Fsp3) is 0.692. The molecule has 0 bridgehead atoms. The molecule has 3 fully saturated rings. The smallest absolute Gasteiger partial charge is 0.387 e. The molecular formula is C26H34F3N5O4. The maximum Gasteiger partial charge on any atom is 0.389 e. The molecule has 2 unspecified atom stereocenters.